The third-order valence-electron chi connectivity index (χ3n) is 1.40. The number of aromatic nitrogens is 2. The summed E-state index contributed by atoms with van der Waals surface area (Å²) in [5, 5.41) is 6.57. The number of nitrogens with zero attached hydrogens (tertiary/aromatic N) is 1. The quantitative estimate of drug-likeness (QED) is 0.542. The van der Waals surface area contributed by atoms with Crippen molar-refractivity contribution in [2.75, 3.05) is 6.54 Å². The van der Waals surface area contributed by atoms with Gasteiger partial charge in [0.2, 0.25) is 0 Å². The molecule has 0 saturated carbocycles. The number of aromatic amines is 1. The van der Waals surface area contributed by atoms with Crippen LogP contribution in [0.3, 0.4) is 0 Å². The van der Waals surface area contributed by atoms with Crippen molar-refractivity contribution in [3.05, 3.63) is 18.0 Å². The van der Waals surface area contributed by atoms with Crippen molar-refractivity contribution in [2.45, 2.75) is 12.5 Å². The zero-order valence-corrected chi connectivity index (χ0v) is 5.75. The number of hydrogen-bond donors (Lipinski definition) is 3. The number of nitrogens with one attached hydrogen (secondary N) is 1. The minimum absolute atomic E-state index is 0.00694. The average molecular weight is 140 g/mol. The van der Waals surface area contributed by atoms with Gasteiger partial charge in [-0.3, -0.25) is 5.10 Å². The van der Waals surface area contributed by atoms with Crippen LogP contribution >= 0.6 is 0 Å². The predicted octanol–water partition coefficient (Wildman–Crippen LogP) is -0.242. The molecule has 1 unspecified atom stereocenters. The molecule has 4 heteroatoms. The van der Waals surface area contributed by atoms with Gasteiger partial charge < -0.3 is 11.5 Å². The maximum absolute atomic E-state index is 5.70. The lowest BCUT2D eigenvalue weighted by Gasteiger charge is -2.05. The highest BCUT2D eigenvalue weighted by molar-refractivity contribution is 5.03. The standard InChI is InChI=1S/C6H12N4/c7-3-1-5(8)6-2-4-9-10-6/h2,4-5H,1,3,7-8H2,(H,9,10). The smallest absolute Gasteiger partial charge is 0.0519 e. The third-order valence-corrected chi connectivity index (χ3v) is 1.40. The van der Waals surface area contributed by atoms with E-state index in [0.717, 1.165) is 12.1 Å². The Morgan fingerprint density at radius 2 is 2.50 bits per heavy atom. The largest absolute Gasteiger partial charge is 0.330 e. The van der Waals surface area contributed by atoms with Crippen LogP contribution in [0.25, 0.3) is 0 Å². The van der Waals surface area contributed by atoms with Gasteiger partial charge in [-0.15, -0.1) is 0 Å². The molecular formula is C6H12N4. The molecule has 0 aliphatic carbocycles. The maximum atomic E-state index is 5.70. The van der Waals surface area contributed by atoms with Gasteiger partial charge >= 0.3 is 0 Å². The zero-order chi connectivity index (χ0) is 7.40. The molecule has 0 saturated heterocycles. The van der Waals surface area contributed by atoms with Crippen molar-refractivity contribution in [2.24, 2.45) is 11.5 Å². The summed E-state index contributed by atoms with van der Waals surface area (Å²) in [4.78, 5) is 0. The first-order valence-corrected chi connectivity index (χ1v) is 3.29. The van der Waals surface area contributed by atoms with E-state index in [1.54, 1.807) is 6.20 Å². The molecule has 0 aliphatic rings. The van der Waals surface area contributed by atoms with Crippen LogP contribution < -0.4 is 11.5 Å². The van der Waals surface area contributed by atoms with E-state index in [1.165, 1.54) is 0 Å². The van der Waals surface area contributed by atoms with E-state index in [1.807, 2.05) is 6.07 Å². The molecule has 1 aromatic heterocycles. The van der Waals surface area contributed by atoms with Crippen LogP contribution in [0.15, 0.2) is 12.3 Å². The monoisotopic (exact) mass is 140 g/mol. The molecule has 4 nitrogen and oxygen atoms in total. The van der Waals surface area contributed by atoms with Gasteiger partial charge in [-0.25, -0.2) is 0 Å². The van der Waals surface area contributed by atoms with Crippen LogP contribution in [0.4, 0.5) is 0 Å². The first-order chi connectivity index (χ1) is 4.84. The van der Waals surface area contributed by atoms with Gasteiger partial charge in [0.05, 0.1) is 5.69 Å². The first kappa shape index (κ1) is 7.24. The average Bonchev–Trinajstić information content (AvgIpc) is 2.38. The second-order valence-corrected chi connectivity index (χ2v) is 2.20. The number of nitrogens with two attached hydrogens (primary N) is 2. The molecule has 0 bridgehead atoms. The normalized spacial score (nSPS) is 13.4. The highest BCUT2D eigenvalue weighted by atomic mass is 15.1. The molecule has 1 heterocycles. The Kier molecular flexibility index (Phi) is 2.42. The fraction of sp³-hybridized carbons (Fsp3) is 0.500. The molecule has 0 aromatic carbocycles. The van der Waals surface area contributed by atoms with Crippen molar-refractivity contribution in [1.82, 2.24) is 10.2 Å². The zero-order valence-electron chi connectivity index (χ0n) is 5.75. The first-order valence-electron chi connectivity index (χ1n) is 3.29. The molecular weight excluding hydrogens is 128 g/mol. The summed E-state index contributed by atoms with van der Waals surface area (Å²) in [7, 11) is 0. The van der Waals surface area contributed by atoms with Gasteiger partial charge in [-0.1, -0.05) is 0 Å². The van der Waals surface area contributed by atoms with Crippen LogP contribution in [0, 0.1) is 0 Å². The van der Waals surface area contributed by atoms with E-state index < -0.39 is 0 Å². The Morgan fingerprint density at radius 3 is 3.00 bits per heavy atom. The lowest BCUT2D eigenvalue weighted by atomic mass is 10.1. The van der Waals surface area contributed by atoms with E-state index in [-0.39, 0.29) is 6.04 Å². The molecule has 0 aliphatic heterocycles. The Hall–Kier alpha value is -0.870. The molecule has 56 valence electrons. The fourth-order valence-electron chi connectivity index (χ4n) is 0.808. The van der Waals surface area contributed by atoms with Gasteiger partial charge in [-0.05, 0) is 19.0 Å². The van der Waals surface area contributed by atoms with Crippen LogP contribution in [-0.2, 0) is 0 Å². The molecule has 0 spiro atoms. The number of H-pyrrole nitrogens is 1. The summed E-state index contributed by atoms with van der Waals surface area (Å²) in [5.41, 5.74) is 12.0. The molecule has 0 fully saturated rings. The van der Waals surface area contributed by atoms with Crippen LogP contribution in [0.2, 0.25) is 0 Å². The van der Waals surface area contributed by atoms with Gasteiger partial charge in [0.1, 0.15) is 0 Å². The molecule has 10 heavy (non-hydrogen) atoms. The molecule has 0 radical (unpaired) electrons. The van der Waals surface area contributed by atoms with Crippen LogP contribution in [0.1, 0.15) is 18.2 Å². The molecule has 1 rings (SSSR count). The summed E-state index contributed by atoms with van der Waals surface area (Å²) in [6, 6.07) is 1.87. The SMILES string of the molecule is NCCC(N)c1ccn[nH]1. The van der Waals surface area contributed by atoms with Crippen molar-refractivity contribution < 1.29 is 0 Å². The second-order valence-electron chi connectivity index (χ2n) is 2.20. The van der Waals surface area contributed by atoms with E-state index in [4.69, 9.17) is 11.5 Å². The summed E-state index contributed by atoms with van der Waals surface area (Å²) >= 11 is 0. The highest BCUT2D eigenvalue weighted by Gasteiger charge is 2.03. The molecule has 0 amide bonds. The number of rotatable bonds is 3. The summed E-state index contributed by atoms with van der Waals surface area (Å²) in [6.07, 6.45) is 2.48. The molecule has 1 atom stereocenters. The van der Waals surface area contributed by atoms with E-state index in [9.17, 15) is 0 Å². The van der Waals surface area contributed by atoms with Gasteiger partial charge in [0, 0.05) is 12.2 Å². The Bertz CT molecular complexity index is 170. The minimum atomic E-state index is 0.00694. The highest BCUT2D eigenvalue weighted by Crippen LogP contribution is 2.07. The van der Waals surface area contributed by atoms with E-state index >= 15 is 0 Å². The molecule has 5 N–H and O–H groups in total. The van der Waals surface area contributed by atoms with Gasteiger partial charge in [-0.2, -0.15) is 5.10 Å². The summed E-state index contributed by atoms with van der Waals surface area (Å²) in [5.74, 6) is 0. The maximum Gasteiger partial charge on any atom is 0.0519 e. The van der Waals surface area contributed by atoms with Crippen molar-refractivity contribution in [3.63, 3.8) is 0 Å². The van der Waals surface area contributed by atoms with Gasteiger partial charge in [0.15, 0.2) is 0 Å². The second kappa shape index (κ2) is 3.34. The Labute approximate surface area is 59.6 Å². The van der Waals surface area contributed by atoms with E-state index in [0.29, 0.717) is 6.54 Å². The lowest BCUT2D eigenvalue weighted by Crippen LogP contribution is -2.15. The third kappa shape index (κ3) is 1.55. The Balaban J connectivity index is 2.50. The van der Waals surface area contributed by atoms with Crippen molar-refractivity contribution in [1.29, 1.82) is 0 Å². The summed E-state index contributed by atoms with van der Waals surface area (Å²) in [6.45, 7) is 0.611. The number of hydrogen-bond acceptors (Lipinski definition) is 3. The Morgan fingerprint density at radius 1 is 1.70 bits per heavy atom. The fourth-order valence-corrected chi connectivity index (χ4v) is 0.808. The van der Waals surface area contributed by atoms with Crippen molar-refractivity contribution >= 4 is 0 Å². The predicted molar refractivity (Wildman–Crippen MR) is 39.2 cm³/mol. The topological polar surface area (TPSA) is 80.7 Å². The van der Waals surface area contributed by atoms with Crippen molar-refractivity contribution in [3.8, 4) is 0 Å². The summed E-state index contributed by atoms with van der Waals surface area (Å²) < 4.78 is 0. The van der Waals surface area contributed by atoms with Crippen LogP contribution in [-0.4, -0.2) is 16.7 Å². The van der Waals surface area contributed by atoms with Gasteiger partial charge in [0.25, 0.3) is 0 Å². The minimum Gasteiger partial charge on any atom is -0.330 e. The van der Waals surface area contributed by atoms with E-state index in [2.05, 4.69) is 10.2 Å². The molecule has 1 aromatic rings. The lowest BCUT2D eigenvalue weighted by molar-refractivity contribution is 0.640. The van der Waals surface area contributed by atoms with Crippen LogP contribution in [0.5, 0.6) is 0 Å².